The molecule has 166 valence electrons. The number of nitrogen functional groups attached to an aromatic ring is 1. The Morgan fingerprint density at radius 1 is 1.25 bits per heavy atom. The number of aryl methyl sites for hydroxylation is 1. The minimum Gasteiger partial charge on any atom is -0.482 e. The molecule has 0 atom stereocenters. The second-order valence-electron chi connectivity index (χ2n) is 7.72. The van der Waals surface area contributed by atoms with E-state index in [2.05, 4.69) is 25.4 Å². The Kier molecular flexibility index (Phi) is 5.26. The average Bonchev–Trinajstić information content (AvgIpc) is 3.28. The highest BCUT2D eigenvalue weighted by Crippen LogP contribution is 2.40. The molecule has 5 rings (SSSR count). The molecule has 0 bridgehead atoms. The third-order valence-electron chi connectivity index (χ3n) is 5.19. The number of hydrogen-bond donors (Lipinski definition) is 2. The number of nitrogens with one attached hydrogen (secondary N) is 1. The lowest BCUT2D eigenvalue weighted by Crippen LogP contribution is -2.37. The summed E-state index contributed by atoms with van der Waals surface area (Å²) in [4.78, 5) is 27.1. The van der Waals surface area contributed by atoms with Crippen molar-refractivity contribution < 1.29 is 14.1 Å². The summed E-state index contributed by atoms with van der Waals surface area (Å²) in [6.45, 7) is 2.45. The molecule has 2 amide bonds. The lowest BCUT2D eigenvalue weighted by Gasteiger charge is -2.16. The lowest BCUT2D eigenvalue weighted by molar-refractivity contribution is 0.197. The molecule has 1 aliphatic heterocycles. The van der Waals surface area contributed by atoms with Gasteiger partial charge in [0.2, 0.25) is 5.95 Å². The van der Waals surface area contributed by atoms with Crippen LogP contribution in [0.1, 0.15) is 35.8 Å². The molecule has 1 fully saturated rings. The van der Waals surface area contributed by atoms with Crippen LogP contribution in [0.5, 0.6) is 5.75 Å². The van der Waals surface area contributed by atoms with Crippen molar-refractivity contribution in [3.63, 3.8) is 0 Å². The average molecular weight is 476 g/mol. The Morgan fingerprint density at radius 2 is 2.06 bits per heavy atom. The van der Waals surface area contributed by atoms with Crippen LogP contribution in [0.4, 0.5) is 10.7 Å². The summed E-state index contributed by atoms with van der Waals surface area (Å²) in [5.41, 5.74) is 8.55. The Morgan fingerprint density at radius 3 is 2.78 bits per heavy atom. The summed E-state index contributed by atoms with van der Waals surface area (Å²) in [6.07, 6.45) is 2.02. The van der Waals surface area contributed by atoms with Crippen molar-refractivity contribution >= 4 is 35.2 Å². The number of carbonyl (C=O) groups excluding carboxylic acids is 1. The molecule has 1 aliphatic carbocycles. The maximum Gasteiger partial charge on any atom is 0.318 e. The van der Waals surface area contributed by atoms with Crippen molar-refractivity contribution in [1.82, 2.24) is 30.3 Å². The zero-order chi connectivity index (χ0) is 22.4. The number of carbonyl (C=O) groups is 1. The van der Waals surface area contributed by atoms with Gasteiger partial charge in [-0.15, -0.1) is 0 Å². The largest absolute Gasteiger partial charge is 0.482 e. The normalized spacial score (nSPS) is 15.0. The maximum absolute atomic E-state index is 12.5. The van der Waals surface area contributed by atoms with Gasteiger partial charge >= 0.3 is 6.03 Å². The molecular weight excluding hydrogens is 457 g/mol. The van der Waals surface area contributed by atoms with Crippen LogP contribution in [0.15, 0.2) is 16.7 Å². The zero-order valence-corrected chi connectivity index (χ0v) is 18.6. The molecule has 2 aromatic heterocycles. The fraction of sp³-hybridized carbons (Fsp3) is 0.350. The SMILES string of the molecule is Cc1noc(COc2cc(-c3nc(N)nc4c3CN(C(=O)NC3CC3)C4)c(Cl)cc2Cl)n1. The summed E-state index contributed by atoms with van der Waals surface area (Å²) in [7, 11) is 0. The van der Waals surface area contributed by atoms with Crippen molar-refractivity contribution in [1.29, 1.82) is 0 Å². The van der Waals surface area contributed by atoms with Crippen molar-refractivity contribution in [3.8, 4) is 17.0 Å². The van der Waals surface area contributed by atoms with Gasteiger partial charge in [-0.1, -0.05) is 28.4 Å². The predicted molar refractivity (Wildman–Crippen MR) is 116 cm³/mol. The number of halogens is 2. The van der Waals surface area contributed by atoms with Crippen LogP contribution < -0.4 is 15.8 Å². The Labute approximate surface area is 193 Å². The number of amides is 2. The van der Waals surface area contributed by atoms with Crippen molar-refractivity contribution in [2.45, 2.75) is 45.5 Å². The first kappa shape index (κ1) is 20.8. The van der Waals surface area contributed by atoms with Gasteiger partial charge in [0.25, 0.3) is 5.89 Å². The van der Waals surface area contributed by atoms with E-state index >= 15 is 0 Å². The molecule has 12 heteroatoms. The van der Waals surface area contributed by atoms with Crippen LogP contribution in [-0.2, 0) is 19.7 Å². The topological polar surface area (TPSA) is 132 Å². The number of aromatic nitrogens is 4. The van der Waals surface area contributed by atoms with E-state index in [0.717, 1.165) is 18.4 Å². The molecule has 32 heavy (non-hydrogen) atoms. The van der Waals surface area contributed by atoms with E-state index in [4.69, 9.17) is 38.2 Å². The summed E-state index contributed by atoms with van der Waals surface area (Å²) in [5, 5.41) is 7.42. The smallest absolute Gasteiger partial charge is 0.318 e. The van der Waals surface area contributed by atoms with Gasteiger partial charge in [0.1, 0.15) is 5.75 Å². The minimum atomic E-state index is -0.129. The Bertz CT molecular complexity index is 1210. The Hall–Kier alpha value is -3.11. The van der Waals surface area contributed by atoms with Gasteiger partial charge in [0.05, 0.1) is 34.5 Å². The fourth-order valence-electron chi connectivity index (χ4n) is 3.49. The molecule has 0 spiro atoms. The third-order valence-corrected chi connectivity index (χ3v) is 5.80. The van der Waals surface area contributed by atoms with Crippen LogP contribution in [0.3, 0.4) is 0 Å². The van der Waals surface area contributed by atoms with Gasteiger partial charge < -0.3 is 25.2 Å². The predicted octanol–water partition coefficient (Wildman–Crippen LogP) is 3.49. The first-order valence-electron chi connectivity index (χ1n) is 9.99. The van der Waals surface area contributed by atoms with Gasteiger partial charge in [0.15, 0.2) is 12.4 Å². The number of nitrogens with zero attached hydrogens (tertiary/aromatic N) is 5. The molecular formula is C20H19Cl2N7O3. The van der Waals surface area contributed by atoms with Gasteiger partial charge in [-0.3, -0.25) is 0 Å². The van der Waals surface area contributed by atoms with Gasteiger partial charge in [-0.05, 0) is 31.9 Å². The first-order valence-corrected chi connectivity index (χ1v) is 10.7. The number of urea groups is 1. The van der Waals surface area contributed by atoms with Gasteiger partial charge in [0, 0.05) is 17.2 Å². The molecule has 0 unspecified atom stereocenters. The highest BCUT2D eigenvalue weighted by Gasteiger charge is 2.32. The highest BCUT2D eigenvalue weighted by atomic mass is 35.5. The second-order valence-corrected chi connectivity index (χ2v) is 8.54. The van der Waals surface area contributed by atoms with Crippen LogP contribution in [0.25, 0.3) is 11.3 Å². The number of nitrogens with two attached hydrogens (primary N) is 1. The monoisotopic (exact) mass is 475 g/mol. The number of benzene rings is 1. The fourth-order valence-corrected chi connectivity index (χ4v) is 4.02. The molecule has 1 saturated carbocycles. The molecule has 0 radical (unpaired) electrons. The second kappa shape index (κ2) is 8.10. The van der Waals surface area contributed by atoms with E-state index in [-0.39, 0.29) is 24.6 Å². The number of fused-ring (bicyclic) bond motifs is 1. The van der Waals surface area contributed by atoms with E-state index in [9.17, 15) is 4.79 Å². The number of rotatable bonds is 5. The molecule has 2 aliphatic rings. The number of anilines is 1. The van der Waals surface area contributed by atoms with Crippen molar-refractivity contribution in [2.24, 2.45) is 0 Å². The molecule has 1 aromatic carbocycles. The Balaban J connectivity index is 1.45. The van der Waals surface area contributed by atoms with E-state index in [1.807, 2.05) is 0 Å². The maximum atomic E-state index is 12.5. The molecule has 3 heterocycles. The van der Waals surface area contributed by atoms with E-state index in [0.29, 0.717) is 57.6 Å². The first-order chi connectivity index (χ1) is 15.4. The van der Waals surface area contributed by atoms with Crippen LogP contribution >= 0.6 is 23.2 Å². The van der Waals surface area contributed by atoms with E-state index in [1.165, 1.54) is 0 Å². The van der Waals surface area contributed by atoms with E-state index < -0.39 is 0 Å². The van der Waals surface area contributed by atoms with Crippen LogP contribution in [-0.4, -0.2) is 37.1 Å². The van der Waals surface area contributed by atoms with Gasteiger partial charge in [-0.25, -0.2) is 14.8 Å². The van der Waals surface area contributed by atoms with Crippen LogP contribution in [0.2, 0.25) is 10.0 Å². The van der Waals surface area contributed by atoms with Crippen LogP contribution in [0, 0.1) is 6.92 Å². The standard InChI is InChI=1S/C20H19Cl2N7O3/c1-9-24-17(32-28-9)8-31-16-4-11(13(21)5-14(16)22)18-12-6-29(20(30)25-10-2-3-10)7-15(12)26-19(23)27-18/h4-5,10H,2-3,6-8H2,1H3,(H,25,30)(H2,23,26,27). The van der Waals surface area contributed by atoms with Crippen molar-refractivity contribution in [3.05, 3.63) is 45.2 Å². The summed E-state index contributed by atoms with van der Waals surface area (Å²) < 4.78 is 10.8. The molecule has 10 nitrogen and oxygen atoms in total. The minimum absolute atomic E-state index is 0.0424. The molecule has 3 N–H and O–H groups in total. The van der Waals surface area contributed by atoms with E-state index in [1.54, 1.807) is 24.0 Å². The third kappa shape index (κ3) is 4.15. The number of ether oxygens (including phenoxy) is 1. The van der Waals surface area contributed by atoms with Crippen molar-refractivity contribution in [2.75, 3.05) is 5.73 Å². The summed E-state index contributed by atoms with van der Waals surface area (Å²) in [6, 6.07) is 3.39. The number of hydrogen-bond acceptors (Lipinski definition) is 8. The summed E-state index contributed by atoms with van der Waals surface area (Å²) in [5.74, 6) is 1.29. The molecule has 3 aromatic rings. The summed E-state index contributed by atoms with van der Waals surface area (Å²) >= 11 is 12.8. The lowest BCUT2D eigenvalue weighted by atomic mass is 10.1. The quantitative estimate of drug-likeness (QED) is 0.572. The zero-order valence-electron chi connectivity index (χ0n) is 17.1. The molecule has 0 saturated heterocycles. The highest BCUT2D eigenvalue weighted by molar-refractivity contribution is 6.37. The van der Waals surface area contributed by atoms with Gasteiger partial charge in [-0.2, -0.15) is 4.98 Å².